The molecule has 38 heavy (non-hydrogen) atoms. The van der Waals surface area contributed by atoms with E-state index in [0.717, 1.165) is 6.07 Å². The number of nitrogens with zero attached hydrogens (tertiary/aromatic N) is 1. The molecule has 1 aromatic heterocycles. The van der Waals surface area contributed by atoms with Crippen molar-refractivity contribution in [3.8, 4) is 23.1 Å². The normalized spacial score (nSPS) is 12.0. The number of hydrogen-bond acceptors (Lipinski definition) is 6. The van der Waals surface area contributed by atoms with E-state index in [1.165, 1.54) is 0 Å². The molecule has 0 saturated heterocycles. The van der Waals surface area contributed by atoms with E-state index in [2.05, 4.69) is 9.71 Å². The lowest BCUT2D eigenvalue weighted by Crippen LogP contribution is -2.30. The summed E-state index contributed by atoms with van der Waals surface area (Å²) in [5, 5.41) is -0.314. The van der Waals surface area contributed by atoms with Gasteiger partial charge in [0.2, 0.25) is 15.9 Å². The van der Waals surface area contributed by atoms with Gasteiger partial charge in [-0.1, -0.05) is 35.9 Å². The second-order valence-corrected chi connectivity index (χ2v) is 10.9. The number of alkyl halides is 3. The van der Waals surface area contributed by atoms with Crippen molar-refractivity contribution < 1.29 is 35.8 Å². The number of pyridine rings is 1. The predicted octanol–water partition coefficient (Wildman–Crippen LogP) is 6.26. The van der Waals surface area contributed by atoms with Crippen molar-refractivity contribution in [3.05, 3.63) is 76.9 Å². The molecule has 206 valence electrons. The second kappa shape index (κ2) is 13.2. The minimum atomic E-state index is -4.60. The molecule has 3 rings (SSSR count). The number of para-hydroxylation sites is 1. The first-order valence-corrected chi connectivity index (χ1v) is 13.8. The van der Waals surface area contributed by atoms with Gasteiger partial charge in [-0.05, 0) is 56.5 Å². The Balaban J connectivity index is 1.64. The van der Waals surface area contributed by atoms with E-state index >= 15 is 0 Å². The summed E-state index contributed by atoms with van der Waals surface area (Å²) >= 11 is 6.01. The van der Waals surface area contributed by atoms with Crippen LogP contribution in [0, 0.1) is 0 Å². The number of nitrogens with one attached hydrogen (secondary N) is 1. The molecular weight excluding hydrogens is 545 g/mol. The van der Waals surface area contributed by atoms with Crippen LogP contribution in [0.25, 0.3) is 0 Å². The molecular formula is C26H28ClF3N2O5S. The van der Waals surface area contributed by atoms with Crippen LogP contribution in [-0.2, 0) is 22.6 Å². The maximum Gasteiger partial charge on any atom is 0.417 e. The van der Waals surface area contributed by atoms with Gasteiger partial charge in [0, 0.05) is 18.8 Å². The van der Waals surface area contributed by atoms with Gasteiger partial charge >= 0.3 is 6.18 Å². The Morgan fingerprint density at radius 1 is 1.05 bits per heavy atom. The van der Waals surface area contributed by atoms with Gasteiger partial charge in [0.1, 0.15) is 28.9 Å². The Morgan fingerprint density at radius 3 is 2.45 bits per heavy atom. The summed E-state index contributed by atoms with van der Waals surface area (Å²) in [6.45, 7) is 3.97. The highest BCUT2D eigenvalue weighted by Gasteiger charge is 2.32. The number of aryl methyl sites for hydroxylation is 1. The first kappa shape index (κ1) is 29.5. The van der Waals surface area contributed by atoms with Crippen molar-refractivity contribution in [2.45, 2.75) is 39.0 Å². The monoisotopic (exact) mass is 572 g/mol. The fraction of sp³-hybridized carbons (Fsp3) is 0.346. The lowest BCUT2D eigenvalue weighted by Gasteiger charge is -2.16. The van der Waals surface area contributed by atoms with Crippen LogP contribution in [0.1, 0.15) is 31.4 Å². The summed E-state index contributed by atoms with van der Waals surface area (Å²) in [7, 11) is -3.56. The van der Waals surface area contributed by atoms with Crippen LogP contribution in [0.4, 0.5) is 13.2 Å². The molecule has 0 spiro atoms. The molecule has 0 radical (unpaired) electrons. The minimum Gasteiger partial charge on any atom is -0.492 e. The number of rotatable bonds is 13. The topological polar surface area (TPSA) is 86.8 Å². The van der Waals surface area contributed by atoms with Crippen molar-refractivity contribution in [2.24, 2.45) is 0 Å². The number of sulfonamides is 1. The van der Waals surface area contributed by atoms with Gasteiger partial charge in [0.05, 0.1) is 17.4 Å². The third-order valence-electron chi connectivity index (χ3n) is 5.05. The van der Waals surface area contributed by atoms with Crippen LogP contribution in [0.15, 0.2) is 60.8 Å². The number of ether oxygens (including phenoxy) is 3. The summed E-state index contributed by atoms with van der Waals surface area (Å²) < 4.78 is 83.1. The molecule has 0 atom stereocenters. The molecule has 7 nitrogen and oxygen atoms in total. The fourth-order valence-corrected chi connectivity index (χ4v) is 4.62. The van der Waals surface area contributed by atoms with Crippen LogP contribution < -0.4 is 18.9 Å². The summed E-state index contributed by atoms with van der Waals surface area (Å²) in [5.74, 6) is 0.997. The number of benzene rings is 2. The second-order valence-electron chi connectivity index (χ2n) is 8.53. The van der Waals surface area contributed by atoms with Crippen LogP contribution in [0.5, 0.6) is 23.1 Å². The number of aromatic nitrogens is 1. The fourth-order valence-electron chi connectivity index (χ4n) is 3.35. The Morgan fingerprint density at radius 2 is 1.79 bits per heavy atom. The number of halogens is 4. The van der Waals surface area contributed by atoms with Crippen LogP contribution >= 0.6 is 11.6 Å². The summed E-state index contributed by atoms with van der Waals surface area (Å²) in [6, 6.07) is 14.8. The molecule has 0 aliphatic heterocycles. The third kappa shape index (κ3) is 9.38. The van der Waals surface area contributed by atoms with Crippen LogP contribution in [0.2, 0.25) is 5.02 Å². The van der Waals surface area contributed by atoms with Gasteiger partial charge in [-0.3, -0.25) is 0 Å². The summed E-state index contributed by atoms with van der Waals surface area (Å²) in [4.78, 5) is 3.72. The molecule has 0 saturated carbocycles. The SMILES string of the molecule is CC(C)Oc1ccc(CCCS(=O)(=O)NCCOc2ccccc2)c(Oc2ncc(C(F)(F)F)cc2Cl)c1. The Bertz CT molecular complexity index is 1310. The van der Waals surface area contributed by atoms with E-state index in [1.807, 2.05) is 32.0 Å². The molecule has 0 amide bonds. The lowest BCUT2D eigenvalue weighted by molar-refractivity contribution is -0.137. The molecule has 0 aliphatic rings. The van der Waals surface area contributed by atoms with Gasteiger partial charge in [-0.25, -0.2) is 18.1 Å². The lowest BCUT2D eigenvalue weighted by atomic mass is 10.1. The average Bonchev–Trinajstić information content (AvgIpc) is 2.84. The molecule has 3 aromatic rings. The van der Waals surface area contributed by atoms with E-state index in [4.69, 9.17) is 25.8 Å². The molecule has 12 heteroatoms. The first-order valence-electron chi connectivity index (χ1n) is 11.8. The third-order valence-corrected chi connectivity index (χ3v) is 6.79. The zero-order valence-electron chi connectivity index (χ0n) is 20.8. The van der Waals surface area contributed by atoms with Crippen molar-refractivity contribution in [2.75, 3.05) is 18.9 Å². The van der Waals surface area contributed by atoms with Gasteiger partial charge in [0.15, 0.2) is 0 Å². The van der Waals surface area contributed by atoms with Crippen molar-refractivity contribution in [1.29, 1.82) is 0 Å². The zero-order chi connectivity index (χ0) is 27.8. The highest BCUT2D eigenvalue weighted by atomic mass is 35.5. The molecule has 1 heterocycles. The Labute approximate surface area is 225 Å². The maximum atomic E-state index is 13.0. The first-order chi connectivity index (χ1) is 17.9. The van der Waals surface area contributed by atoms with Gasteiger partial charge in [-0.15, -0.1) is 0 Å². The molecule has 0 unspecified atom stereocenters. The van der Waals surface area contributed by atoms with E-state index in [9.17, 15) is 21.6 Å². The van der Waals surface area contributed by atoms with E-state index in [1.54, 1.807) is 30.3 Å². The molecule has 1 N–H and O–H groups in total. The largest absolute Gasteiger partial charge is 0.492 e. The highest BCUT2D eigenvalue weighted by molar-refractivity contribution is 7.89. The Hall–Kier alpha value is -3.02. The van der Waals surface area contributed by atoms with Crippen LogP contribution in [-0.4, -0.2) is 38.4 Å². The molecule has 0 bridgehead atoms. The van der Waals surface area contributed by atoms with Gasteiger partial charge in [-0.2, -0.15) is 13.2 Å². The van der Waals surface area contributed by atoms with E-state index < -0.39 is 21.8 Å². The number of hydrogen-bond donors (Lipinski definition) is 1. The Kier molecular flexibility index (Phi) is 10.2. The predicted molar refractivity (Wildman–Crippen MR) is 139 cm³/mol. The highest BCUT2D eigenvalue weighted by Crippen LogP contribution is 2.36. The molecule has 2 aromatic carbocycles. The minimum absolute atomic E-state index is 0.116. The smallest absolute Gasteiger partial charge is 0.417 e. The zero-order valence-corrected chi connectivity index (χ0v) is 22.4. The van der Waals surface area contributed by atoms with Crippen molar-refractivity contribution >= 4 is 21.6 Å². The quantitative estimate of drug-likeness (QED) is 0.243. The van der Waals surface area contributed by atoms with E-state index in [-0.39, 0.29) is 48.1 Å². The van der Waals surface area contributed by atoms with E-state index in [0.29, 0.717) is 29.7 Å². The maximum absolute atomic E-state index is 13.0. The molecule has 0 aliphatic carbocycles. The van der Waals surface area contributed by atoms with Gasteiger partial charge in [0.25, 0.3) is 0 Å². The standard InChI is InChI=1S/C26H28ClF3N2O5S/c1-18(2)36-22-11-10-19(24(16-22)37-25-23(27)15-20(17-31-25)26(28,29)30)7-6-14-38(33,34)32-12-13-35-21-8-4-3-5-9-21/h3-5,8-11,15-18,32H,6-7,12-14H2,1-2H3. The average molecular weight is 573 g/mol. The van der Waals surface area contributed by atoms with Crippen molar-refractivity contribution in [3.63, 3.8) is 0 Å². The summed E-state index contributed by atoms with van der Waals surface area (Å²) in [5.41, 5.74) is -0.389. The van der Waals surface area contributed by atoms with Gasteiger partial charge < -0.3 is 14.2 Å². The van der Waals surface area contributed by atoms with Crippen molar-refractivity contribution in [1.82, 2.24) is 9.71 Å². The summed E-state index contributed by atoms with van der Waals surface area (Å²) in [6.07, 6.45) is -3.54. The van der Waals surface area contributed by atoms with Crippen LogP contribution in [0.3, 0.4) is 0 Å². The molecule has 0 fully saturated rings.